The van der Waals surface area contributed by atoms with E-state index in [0.29, 0.717) is 5.82 Å². The van der Waals surface area contributed by atoms with Crippen LogP contribution < -0.4 is 10.6 Å². The number of carbonyl (C=O) groups excluding carboxylic acids is 1. The molecular formula is C6H8N4O. The number of carbonyl (C=O) groups is 1. The highest BCUT2D eigenvalue weighted by molar-refractivity contribution is 5.87. The maximum Gasteiger partial charge on any atom is 0.320 e. The fourth-order valence-corrected chi connectivity index (χ4v) is 0.547. The Morgan fingerprint density at radius 3 is 3.00 bits per heavy atom. The van der Waals surface area contributed by atoms with Crippen LogP contribution in [0.4, 0.5) is 10.6 Å². The first-order valence-corrected chi connectivity index (χ1v) is 3.09. The number of aromatic nitrogens is 2. The van der Waals surface area contributed by atoms with Gasteiger partial charge in [-0.25, -0.2) is 4.79 Å². The van der Waals surface area contributed by atoms with Crippen molar-refractivity contribution in [3.05, 3.63) is 18.3 Å². The third-order valence-electron chi connectivity index (χ3n) is 1.04. The lowest BCUT2D eigenvalue weighted by Gasteiger charge is -1.99. The maximum absolute atomic E-state index is 10.7. The summed E-state index contributed by atoms with van der Waals surface area (Å²) in [6, 6.07) is 3.05. The number of hydrogen-bond acceptors (Lipinski definition) is 3. The molecule has 1 aromatic rings. The van der Waals surface area contributed by atoms with Crippen molar-refractivity contribution >= 4 is 11.8 Å². The highest BCUT2D eigenvalue weighted by Gasteiger charge is 1.96. The molecule has 0 aliphatic heterocycles. The van der Waals surface area contributed by atoms with Crippen LogP contribution in [-0.2, 0) is 0 Å². The number of urea groups is 1. The summed E-state index contributed by atoms with van der Waals surface area (Å²) in [4.78, 5) is 10.7. The minimum absolute atomic E-state index is 0.300. The van der Waals surface area contributed by atoms with Crippen molar-refractivity contribution in [2.24, 2.45) is 0 Å². The maximum atomic E-state index is 10.7. The SMILES string of the molecule is CNC(=O)Nc1cccnn1. The second kappa shape index (κ2) is 3.50. The minimum atomic E-state index is -0.300. The molecule has 58 valence electrons. The molecule has 0 aliphatic carbocycles. The van der Waals surface area contributed by atoms with Gasteiger partial charge in [0.25, 0.3) is 0 Å². The van der Waals surface area contributed by atoms with Crippen molar-refractivity contribution in [1.29, 1.82) is 0 Å². The minimum Gasteiger partial charge on any atom is -0.341 e. The van der Waals surface area contributed by atoms with Gasteiger partial charge >= 0.3 is 6.03 Å². The van der Waals surface area contributed by atoms with E-state index in [-0.39, 0.29) is 6.03 Å². The molecule has 11 heavy (non-hydrogen) atoms. The van der Waals surface area contributed by atoms with Crippen molar-refractivity contribution in [1.82, 2.24) is 15.5 Å². The Balaban J connectivity index is 2.58. The smallest absolute Gasteiger partial charge is 0.320 e. The van der Waals surface area contributed by atoms with Crippen LogP contribution >= 0.6 is 0 Å². The predicted molar refractivity (Wildman–Crippen MR) is 40.1 cm³/mol. The average molecular weight is 152 g/mol. The lowest BCUT2D eigenvalue weighted by molar-refractivity contribution is 0.254. The highest BCUT2D eigenvalue weighted by Crippen LogP contribution is 1.95. The molecular weight excluding hydrogens is 144 g/mol. The van der Waals surface area contributed by atoms with Crippen molar-refractivity contribution < 1.29 is 4.79 Å². The lowest BCUT2D eigenvalue weighted by atomic mass is 10.5. The standard InChI is InChI=1S/C6H8N4O/c1-7-6(11)9-5-3-2-4-8-10-5/h2-4H,1H3,(H2,7,9,10,11). The van der Waals surface area contributed by atoms with E-state index in [2.05, 4.69) is 20.8 Å². The zero-order valence-corrected chi connectivity index (χ0v) is 6.03. The van der Waals surface area contributed by atoms with E-state index >= 15 is 0 Å². The number of amides is 2. The normalized spacial score (nSPS) is 8.82. The number of anilines is 1. The van der Waals surface area contributed by atoms with E-state index in [1.165, 1.54) is 13.2 Å². The molecule has 2 N–H and O–H groups in total. The monoisotopic (exact) mass is 152 g/mol. The van der Waals surface area contributed by atoms with Crippen molar-refractivity contribution in [3.8, 4) is 0 Å². The van der Waals surface area contributed by atoms with Crippen LogP contribution in [0.3, 0.4) is 0 Å². The van der Waals surface area contributed by atoms with Crippen LogP contribution in [0.25, 0.3) is 0 Å². The Morgan fingerprint density at radius 1 is 1.64 bits per heavy atom. The fourth-order valence-electron chi connectivity index (χ4n) is 0.547. The van der Waals surface area contributed by atoms with Gasteiger partial charge in [-0.05, 0) is 12.1 Å². The van der Waals surface area contributed by atoms with E-state index in [1.54, 1.807) is 12.1 Å². The van der Waals surface area contributed by atoms with E-state index in [4.69, 9.17) is 0 Å². The van der Waals surface area contributed by atoms with Crippen molar-refractivity contribution in [3.63, 3.8) is 0 Å². The molecule has 0 atom stereocenters. The second-order valence-corrected chi connectivity index (χ2v) is 1.81. The summed E-state index contributed by atoms with van der Waals surface area (Å²) in [5.41, 5.74) is 0. The molecule has 5 heteroatoms. The zero-order chi connectivity index (χ0) is 8.10. The Bertz CT molecular complexity index is 236. The summed E-state index contributed by atoms with van der Waals surface area (Å²) in [5, 5.41) is 12.1. The zero-order valence-electron chi connectivity index (χ0n) is 6.03. The van der Waals surface area contributed by atoms with Gasteiger partial charge in [0, 0.05) is 13.2 Å². The number of rotatable bonds is 1. The largest absolute Gasteiger partial charge is 0.341 e. The van der Waals surface area contributed by atoms with E-state index in [9.17, 15) is 4.79 Å². The van der Waals surface area contributed by atoms with Crippen LogP contribution in [-0.4, -0.2) is 23.3 Å². The van der Waals surface area contributed by atoms with E-state index in [1.807, 2.05) is 0 Å². The number of nitrogens with zero attached hydrogens (tertiary/aromatic N) is 2. The average Bonchev–Trinajstić information content (AvgIpc) is 2.06. The van der Waals surface area contributed by atoms with Gasteiger partial charge in [0.05, 0.1) is 0 Å². The fraction of sp³-hybridized carbons (Fsp3) is 0.167. The molecule has 0 unspecified atom stereocenters. The van der Waals surface area contributed by atoms with Gasteiger partial charge in [-0.3, -0.25) is 5.32 Å². The molecule has 0 aromatic carbocycles. The number of hydrogen-bond donors (Lipinski definition) is 2. The molecule has 0 radical (unpaired) electrons. The first-order chi connectivity index (χ1) is 5.33. The third kappa shape index (κ3) is 2.21. The van der Waals surface area contributed by atoms with Gasteiger partial charge in [-0.2, -0.15) is 5.10 Å². The molecule has 0 bridgehead atoms. The Hall–Kier alpha value is -1.65. The summed E-state index contributed by atoms with van der Waals surface area (Å²) in [6.07, 6.45) is 1.54. The molecule has 1 aromatic heterocycles. The molecule has 0 saturated carbocycles. The summed E-state index contributed by atoms with van der Waals surface area (Å²) in [6.45, 7) is 0. The van der Waals surface area contributed by atoms with Gasteiger partial charge in [-0.1, -0.05) is 0 Å². The molecule has 0 fully saturated rings. The molecule has 5 nitrogen and oxygen atoms in total. The van der Waals surface area contributed by atoms with Crippen LogP contribution in [0.1, 0.15) is 0 Å². The predicted octanol–water partition coefficient (Wildman–Crippen LogP) is 0.228. The first-order valence-electron chi connectivity index (χ1n) is 3.09. The van der Waals surface area contributed by atoms with Gasteiger partial charge in [0.15, 0.2) is 5.82 Å². The molecule has 0 spiro atoms. The molecule has 2 amide bonds. The van der Waals surface area contributed by atoms with Crippen molar-refractivity contribution in [2.75, 3.05) is 12.4 Å². The van der Waals surface area contributed by atoms with E-state index in [0.717, 1.165) is 0 Å². The van der Waals surface area contributed by atoms with Crippen LogP contribution in [0, 0.1) is 0 Å². The van der Waals surface area contributed by atoms with Gasteiger partial charge in [0.1, 0.15) is 0 Å². The van der Waals surface area contributed by atoms with Crippen LogP contribution in [0.15, 0.2) is 18.3 Å². The van der Waals surface area contributed by atoms with Gasteiger partial charge < -0.3 is 5.32 Å². The van der Waals surface area contributed by atoms with Crippen molar-refractivity contribution in [2.45, 2.75) is 0 Å². The van der Waals surface area contributed by atoms with E-state index < -0.39 is 0 Å². The van der Waals surface area contributed by atoms with Gasteiger partial charge in [-0.15, -0.1) is 5.10 Å². The molecule has 0 saturated heterocycles. The highest BCUT2D eigenvalue weighted by atomic mass is 16.2. The lowest BCUT2D eigenvalue weighted by Crippen LogP contribution is -2.24. The summed E-state index contributed by atoms with van der Waals surface area (Å²) < 4.78 is 0. The number of nitrogens with one attached hydrogen (secondary N) is 2. The summed E-state index contributed by atoms with van der Waals surface area (Å²) >= 11 is 0. The summed E-state index contributed by atoms with van der Waals surface area (Å²) in [7, 11) is 1.53. The Labute approximate surface area is 63.8 Å². The quantitative estimate of drug-likeness (QED) is 0.605. The molecule has 0 aliphatic rings. The Morgan fingerprint density at radius 2 is 2.45 bits per heavy atom. The van der Waals surface area contributed by atoms with Gasteiger partial charge in [0.2, 0.25) is 0 Å². The third-order valence-corrected chi connectivity index (χ3v) is 1.04. The summed E-state index contributed by atoms with van der Waals surface area (Å²) in [5.74, 6) is 0.437. The molecule has 1 heterocycles. The van der Waals surface area contributed by atoms with Crippen LogP contribution in [0.2, 0.25) is 0 Å². The van der Waals surface area contributed by atoms with Crippen LogP contribution in [0.5, 0.6) is 0 Å². The second-order valence-electron chi connectivity index (χ2n) is 1.81. The topological polar surface area (TPSA) is 66.9 Å². The first kappa shape index (κ1) is 7.46. The molecule has 1 rings (SSSR count). The Kier molecular flexibility index (Phi) is 2.37.